The second kappa shape index (κ2) is 6.28. The molecular weight excluding hydrogens is 340 g/mol. The van der Waals surface area contributed by atoms with Crippen LogP contribution in [-0.2, 0) is 19.1 Å². The fourth-order valence-electron chi connectivity index (χ4n) is 2.26. The van der Waals surface area contributed by atoms with Crippen molar-refractivity contribution < 1.29 is 19.1 Å². The number of hydrogen-bond acceptors (Lipinski definition) is 7. The van der Waals surface area contributed by atoms with Crippen LogP contribution < -0.4 is 0 Å². The van der Waals surface area contributed by atoms with Gasteiger partial charge in [0.05, 0.1) is 25.0 Å². The molecule has 22 heavy (non-hydrogen) atoms. The molecule has 0 aliphatic carbocycles. The second-order valence-electron chi connectivity index (χ2n) is 4.40. The average Bonchev–Trinajstić information content (AvgIpc) is 3.22. The zero-order valence-corrected chi connectivity index (χ0v) is 14.3. The van der Waals surface area contributed by atoms with Crippen molar-refractivity contribution in [3.63, 3.8) is 0 Å². The first-order valence-corrected chi connectivity index (χ1v) is 9.00. The van der Waals surface area contributed by atoms with Crippen molar-refractivity contribution in [2.45, 2.75) is 5.25 Å². The largest absolute Gasteiger partial charge is 0.465 e. The molecule has 3 heterocycles. The minimum absolute atomic E-state index is 0.00231. The third-order valence-corrected chi connectivity index (χ3v) is 6.78. The molecule has 3 rings (SSSR count). The van der Waals surface area contributed by atoms with Crippen molar-refractivity contribution >= 4 is 51.9 Å². The molecule has 0 spiro atoms. The van der Waals surface area contributed by atoms with Gasteiger partial charge in [-0.15, -0.1) is 34.4 Å². The Labute approximate surface area is 139 Å². The lowest BCUT2D eigenvalue weighted by molar-refractivity contribution is -0.137. The minimum Gasteiger partial charge on any atom is -0.465 e. The number of thioether (sulfide) groups is 1. The van der Waals surface area contributed by atoms with Gasteiger partial charge in [0.1, 0.15) is 4.91 Å². The van der Waals surface area contributed by atoms with Gasteiger partial charge in [-0.2, -0.15) is 0 Å². The zero-order chi connectivity index (χ0) is 15.7. The Morgan fingerprint density at radius 2 is 1.82 bits per heavy atom. The van der Waals surface area contributed by atoms with Gasteiger partial charge in [-0.1, -0.05) is 6.07 Å². The van der Waals surface area contributed by atoms with Gasteiger partial charge in [0, 0.05) is 15.3 Å². The summed E-state index contributed by atoms with van der Waals surface area (Å²) in [5, 5.41) is 3.92. The summed E-state index contributed by atoms with van der Waals surface area (Å²) in [6, 6.07) is 5.87. The van der Waals surface area contributed by atoms with Crippen molar-refractivity contribution in [2.75, 3.05) is 14.2 Å². The number of hydrogen-bond donors (Lipinski definition) is 0. The number of fused-ring (bicyclic) bond motifs is 1. The van der Waals surface area contributed by atoms with Crippen molar-refractivity contribution in [3.05, 3.63) is 49.2 Å². The number of thiophene rings is 2. The molecule has 1 unspecified atom stereocenters. The molecule has 4 nitrogen and oxygen atoms in total. The van der Waals surface area contributed by atoms with Crippen LogP contribution in [0.15, 0.2) is 33.9 Å². The van der Waals surface area contributed by atoms with Crippen molar-refractivity contribution in [1.82, 2.24) is 0 Å². The lowest BCUT2D eigenvalue weighted by atomic mass is 10.0. The standard InChI is InChI=1S/C15H12O4S3/c1-18-14(16)10-8-5-7-21-11(8)12(9-4-3-6-20-9)22-13(10)15(17)19-2/h3-7,12H,1-2H3. The number of rotatable bonds is 3. The Kier molecular flexibility index (Phi) is 4.37. The van der Waals surface area contributed by atoms with Gasteiger partial charge in [0.15, 0.2) is 0 Å². The Hall–Kier alpha value is -1.57. The van der Waals surface area contributed by atoms with E-state index >= 15 is 0 Å². The summed E-state index contributed by atoms with van der Waals surface area (Å²) in [5.41, 5.74) is 1.05. The molecule has 1 atom stereocenters. The Bertz CT molecular complexity index is 743. The van der Waals surface area contributed by atoms with Crippen LogP contribution in [0, 0.1) is 0 Å². The van der Waals surface area contributed by atoms with Gasteiger partial charge in [0.25, 0.3) is 0 Å². The molecular formula is C15H12O4S3. The van der Waals surface area contributed by atoms with Gasteiger partial charge < -0.3 is 9.47 Å². The van der Waals surface area contributed by atoms with E-state index in [1.165, 1.54) is 26.0 Å². The summed E-state index contributed by atoms with van der Waals surface area (Å²) < 4.78 is 9.71. The fourth-order valence-corrected chi connectivity index (χ4v) is 5.72. The maximum Gasteiger partial charge on any atom is 0.345 e. The first kappa shape index (κ1) is 15.3. The Balaban J connectivity index is 2.18. The van der Waals surface area contributed by atoms with Crippen LogP contribution in [0.4, 0.5) is 0 Å². The highest BCUT2D eigenvalue weighted by molar-refractivity contribution is 8.04. The van der Waals surface area contributed by atoms with Crippen LogP contribution in [0.5, 0.6) is 0 Å². The molecule has 7 heteroatoms. The smallest absolute Gasteiger partial charge is 0.345 e. The van der Waals surface area contributed by atoms with E-state index in [1.54, 1.807) is 22.7 Å². The van der Waals surface area contributed by atoms with E-state index in [0.29, 0.717) is 10.5 Å². The van der Waals surface area contributed by atoms with Gasteiger partial charge in [-0.05, 0) is 22.9 Å². The first-order chi connectivity index (χ1) is 10.7. The zero-order valence-electron chi connectivity index (χ0n) is 11.8. The molecule has 0 bridgehead atoms. The molecule has 0 radical (unpaired) electrons. The molecule has 0 saturated carbocycles. The van der Waals surface area contributed by atoms with Crippen molar-refractivity contribution in [2.24, 2.45) is 0 Å². The summed E-state index contributed by atoms with van der Waals surface area (Å²) in [6.07, 6.45) is 0. The van der Waals surface area contributed by atoms with E-state index in [1.807, 2.05) is 29.0 Å². The van der Waals surface area contributed by atoms with E-state index in [4.69, 9.17) is 9.47 Å². The molecule has 0 aromatic carbocycles. The van der Waals surface area contributed by atoms with E-state index < -0.39 is 11.9 Å². The van der Waals surface area contributed by atoms with Crippen LogP contribution in [0.2, 0.25) is 0 Å². The summed E-state index contributed by atoms with van der Waals surface area (Å²) >= 11 is 4.55. The highest BCUT2D eigenvalue weighted by Gasteiger charge is 2.37. The fraction of sp³-hybridized carbons (Fsp3) is 0.200. The van der Waals surface area contributed by atoms with Gasteiger partial charge in [-0.3, -0.25) is 0 Å². The van der Waals surface area contributed by atoms with Crippen LogP contribution >= 0.6 is 34.4 Å². The Morgan fingerprint density at radius 1 is 1.05 bits per heavy atom. The number of carbonyl (C=O) groups is 2. The number of carbonyl (C=O) groups excluding carboxylic acids is 2. The molecule has 0 N–H and O–H groups in total. The molecule has 2 aromatic heterocycles. The van der Waals surface area contributed by atoms with Crippen molar-refractivity contribution in [1.29, 1.82) is 0 Å². The van der Waals surface area contributed by atoms with Gasteiger partial charge in [-0.25, -0.2) is 9.59 Å². The molecule has 1 aliphatic rings. The first-order valence-electron chi connectivity index (χ1n) is 6.36. The summed E-state index contributed by atoms with van der Waals surface area (Å²) in [4.78, 5) is 26.8. The molecule has 0 amide bonds. The predicted molar refractivity (Wildman–Crippen MR) is 89.0 cm³/mol. The van der Waals surface area contributed by atoms with Crippen LogP contribution in [-0.4, -0.2) is 26.2 Å². The number of esters is 2. The minimum atomic E-state index is -0.517. The SMILES string of the molecule is COC(=O)C1=C(C(=O)OC)c2ccsc2C(c2cccs2)S1. The molecule has 1 aliphatic heterocycles. The molecule has 0 fully saturated rings. The molecule has 2 aromatic rings. The van der Waals surface area contributed by atoms with Crippen LogP contribution in [0.25, 0.3) is 5.57 Å². The highest BCUT2D eigenvalue weighted by atomic mass is 32.2. The quantitative estimate of drug-likeness (QED) is 0.789. The lowest BCUT2D eigenvalue weighted by Gasteiger charge is -2.24. The van der Waals surface area contributed by atoms with Crippen LogP contribution in [0.1, 0.15) is 20.6 Å². The van der Waals surface area contributed by atoms with E-state index in [9.17, 15) is 9.59 Å². The van der Waals surface area contributed by atoms with E-state index in [2.05, 4.69) is 0 Å². The van der Waals surface area contributed by atoms with Crippen molar-refractivity contribution in [3.8, 4) is 0 Å². The van der Waals surface area contributed by atoms with E-state index in [-0.39, 0.29) is 5.25 Å². The van der Waals surface area contributed by atoms with Gasteiger partial charge in [0.2, 0.25) is 0 Å². The lowest BCUT2D eigenvalue weighted by Crippen LogP contribution is -2.17. The second-order valence-corrected chi connectivity index (χ2v) is 7.44. The Morgan fingerprint density at radius 3 is 2.45 bits per heavy atom. The third kappa shape index (κ3) is 2.49. The monoisotopic (exact) mass is 352 g/mol. The number of methoxy groups -OCH3 is 2. The summed E-state index contributed by atoms with van der Waals surface area (Å²) in [5.74, 6) is -1.03. The maximum absolute atomic E-state index is 12.2. The van der Waals surface area contributed by atoms with Crippen LogP contribution in [0.3, 0.4) is 0 Å². The molecule has 114 valence electrons. The topological polar surface area (TPSA) is 52.6 Å². The maximum atomic E-state index is 12.2. The number of ether oxygens (including phenoxy) is 2. The summed E-state index contributed by atoms with van der Waals surface area (Å²) in [6.45, 7) is 0. The van der Waals surface area contributed by atoms with Gasteiger partial charge >= 0.3 is 11.9 Å². The normalized spacial score (nSPS) is 17.1. The third-order valence-electron chi connectivity index (χ3n) is 3.23. The summed E-state index contributed by atoms with van der Waals surface area (Å²) in [7, 11) is 2.63. The predicted octanol–water partition coefficient (Wildman–Crippen LogP) is 3.70. The average molecular weight is 352 g/mol. The molecule has 0 saturated heterocycles. The highest BCUT2D eigenvalue weighted by Crippen LogP contribution is 2.52. The van der Waals surface area contributed by atoms with E-state index in [0.717, 1.165) is 15.3 Å².